The van der Waals surface area contributed by atoms with Gasteiger partial charge in [-0.25, -0.2) is 13.6 Å². The summed E-state index contributed by atoms with van der Waals surface area (Å²) < 4.78 is 36.5. The Bertz CT molecular complexity index is 852. The maximum absolute atomic E-state index is 13.5. The number of hydrogen-bond donors (Lipinski definition) is 1. The van der Waals surface area contributed by atoms with Crippen LogP contribution in [-0.2, 0) is 9.53 Å². The number of hydrogen-bond acceptors (Lipinski definition) is 6. The summed E-state index contributed by atoms with van der Waals surface area (Å²) in [6.07, 6.45) is 0. The number of para-hydroxylation sites is 1. The minimum Gasteiger partial charge on any atom is -0.496 e. The molecule has 0 atom stereocenters. The predicted molar refractivity (Wildman–Crippen MR) is 84.9 cm³/mol. The van der Waals surface area contributed by atoms with E-state index in [-0.39, 0.29) is 17.0 Å². The van der Waals surface area contributed by atoms with E-state index in [2.05, 4.69) is 0 Å². The highest BCUT2D eigenvalue weighted by molar-refractivity contribution is 5.97. The molecule has 0 radical (unpaired) electrons. The molecular formula is C16H12F2N2O6. The van der Waals surface area contributed by atoms with Gasteiger partial charge in [0.15, 0.2) is 6.61 Å². The van der Waals surface area contributed by atoms with Crippen LogP contribution in [0.1, 0.15) is 10.4 Å². The highest BCUT2D eigenvalue weighted by Gasteiger charge is 2.20. The molecular weight excluding hydrogens is 354 g/mol. The average molecular weight is 366 g/mol. The zero-order valence-corrected chi connectivity index (χ0v) is 13.3. The van der Waals surface area contributed by atoms with Gasteiger partial charge in [0.05, 0.1) is 12.0 Å². The predicted octanol–water partition coefficient (Wildman–Crippen LogP) is 2.68. The quantitative estimate of drug-likeness (QED) is 0.478. The zero-order chi connectivity index (χ0) is 19.3. The van der Waals surface area contributed by atoms with Gasteiger partial charge in [-0.3, -0.25) is 14.9 Å². The first-order valence-electron chi connectivity index (χ1n) is 7.07. The Balaban J connectivity index is 2.07. The van der Waals surface area contributed by atoms with Gasteiger partial charge in [0, 0.05) is 12.1 Å². The summed E-state index contributed by atoms with van der Waals surface area (Å²) in [6, 6.07) is 6.26. The third-order valence-electron chi connectivity index (χ3n) is 3.18. The first kappa shape index (κ1) is 18.8. The van der Waals surface area contributed by atoms with E-state index in [9.17, 15) is 28.5 Å². The highest BCUT2D eigenvalue weighted by Crippen LogP contribution is 2.24. The van der Waals surface area contributed by atoms with Crippen molar-refractivity contribution in [2.24, 2.45) is 0 Å². The van der Waals surface area contributed by atoms with Gasteiger partial charge in [0.25, 0.3) is 11.6 Å². The number of nitrogens with zero attached hydrogens (tertiary/aromatic N) is 1. The smallest absolute Gasteiger partial charge is 0.342 e. The Morgan fingerprint density at radius 2 is 1.85 bits per heavy atom. The fourth-order valence-electron chi connectivity index (χ4n) is 1.97. The molecule has 0 aliphatic rings. The van der Waals surface area contributed by atoms with Gasteiger partial charge in [0.2, 0.25) is 0 Å². The fraction of sp³-hybridized carbons (Fsp3) is 0.125. The average Bonchev–Trinajstić information content (AvgIpc) is 2.62. The van der Waals surface area contributed by atoms with Crippen LogP contribution in [0.5, 0.6) is 5.75 Å². The molecule has 0 bridgehead atoms. The van der Waals surface area contributed by atoms with Crippen LogP contribution in [0.2, 0.25) is 0 Å². The Kier molecular flexibility index (Phi) is 5.78. The van der Waals surface area contributed by atoms with Crippen molar-refractivity contribution in [2.45, 2.75) is 0 Å². The van der Waals surface area contributed by atoms with Gasteiger partial charge in [-0.2, -0.15) is 0 Å². The Labute approximate surface area is 145 Å². The molecule has 136 valence electrons. The van der Waals surface area contributed by atoms with Crippen LogP contribution in [0.4, 0.5) is 20.2 Å². The van der Waals surface area contributed by atoms with Gasteiger partial charge in [-0.05, 0) is 18.2 Å². The summed E-state index contributed by atoms with van der Waals surface area (Å²) in [7, 11) is 1.24. The number of rotatable bonds is 6. The van der Waals surface area contributed by atoms with Crippen molar-refractivity contribution >= 4 is 23.3 Å². The third-order valence-corrected chi connectivity index (χ3v) is 3.18. The second-order valence-electron chi connectivity index (χ2n) is 4.86. The third kappa shape index (κ3) is 4.29. The summed E-state index contributed by atoms with van der Waals surface area (Å²) in [5.41, 5.74) is -1.33. The van der Waals surface area contributed by atoms with Gasteiger partial charge in [-0.1, -0.05) is 6.07 Å². The van der Waals surface area contributed by atoms with Crippen molar-refractivity contribution in [1.29, 1.82) is 0 Å². The summed E-state index contributed by atoms with van der Waals surface area (Å²) >= 11 is 0. The van der Waals surface area contributed by atoms with E-state index in [1.165, 1.54) is 13.2 Å². The van der Waals surface area contributed by atoms with Crippen LogP contribution in [0, 0.1) is 21.7 Å². The van der Waals surface area contributed by atoms with E-state index in [0.29, 0.717) is 0 Å². The molecule has 1 amide bonds. The number of anilines is 1. The summed E-state index contributed by atoms with van der Waals surface area (Å²) in [5, 5.41) is 12.7. The lowest BCUT2D eigenvalue weighted by molar-refractivity contribution is -0.384. The Hall–Kier alpha value is -3.56. The van der Waals surface area contributed by atoms with E-state index < -0.39 is 40.7 Å². The van der Waals surface area contributed by atoms with Crippen molar-refractivity contribution < 1.29 is 32.8 Å². The molecule has 0 heterocycles. The van der Waals surface area contributed by atoms with Crippen molar-refractivity contribution in [2.75, 3.05) is 19.0 Å². The van der Waals surface area contributed by atoms with Crippen molar-refractivity contribution in [3.05, 3.63) is 63.7 Å². The molecule has 0 spiro atoms. The SMILES string of the molecule is COc1ccc([N+](=O)[O-])cc1C(=O)OCC(=O)Nc1c(F)cccc1F. The van der Waals surface area contributed by atoms with Crippen LogP contribution in [0.25, 0.3) is 0 Å². The minimum atomic E-state index is -1.07. The molecule has 8 nitrogen and oxygen atoms in total. The molecule has 0 aliphatic heterocycles. The number of methoxy groups -OCH3 is 1. The van der Waals surface area contributed by atoms with Crippen molar-refractivity contribution in [3.8, 4) is 5.75 Å². The molecule has 2 aromatic carbocycles. The molecule has 1 N–H and O–H groups in total. The van der Waals surface area contributed by atoms with Crippen LogP contribution in [0.15, 0.2) is 36.4 Å². The lowest BCUT2D eigenvalue weighted by atomic mass is 10.2. The Morgan fingerprint density at radius 3 is 2.42 bits per heavy atom. The number of ether oxygens (including phenoxy) is 2. The minimum absolute atomic E-state index is 0.00107. The summed E-state index contributed by atoms with van der Waals surface area (Å²) in [6.45, 7) is -0.863. The first-order chi connectivity index (χ1) is 12.3. The molecule has 10 heteroatoms. The summed E-state index contributed by atoms with van der Waals surface area (Å²) in [4.78, 5) is 33.8. The van der Waals surface area contributed by atoms with E-state index in [1.807, 2.05) is 5.32 Å². The number of non-ortho nitro benzene ring substituents is 1. The highest BCUT2D eigenvalue weighted by atomic mass is 19.1. The van der Waals surface area contributed by atoms with Crippen molar-refractivity contribution in [1.82, 2.24) is 0 Å². The number of esters is 1. The lowest BCUT2D eigenvalue weighted by Gasteiger charge is -2.10. The van der Waals surface area contributed by atoms with Gasteiger partial charge in [0.1, 0.15) is 28.6 Å². The van der Waals surface area contributed by atoms with Gasteiger partial charge < -0.3 is 14.8 Å². The molecule has 0 saturated heterocycles. The van der Waals surface area contributed by atoms with E-state index in [0.717, 1.165) is 30.3 Å². The Morgan fingerprint density at radius 1 is 1.19 bits per heavy atom. The standard InChI is InChI=1S/C16H12F2N2O6/c1-25-13-6-5-9(20(23)24)7-10(13)16(22)26-8-14(21)19-15-11(17)3-2-4-12(15)18/h2-7H,8H2,1H3,(H,19,21). The number of benzene rings is 2. The van der Waals surface area contributed by atoms with Crippen LogP contribution < -0.4 is 10.1 Å². The van der Waals surface area contributed by atoms with Gasteiger partial charge >= 0.3 is 5.97 Å². The normalized spacial score (nSPS) is 10.1. The van der Waals surface area contributed by atoms with Gasteiger partial charge in [-0.15, -0.1) is 0 Å². The number of carbonyl (C=O) groups is 2. The molecule has 0 saturated carbocycles. The number of nitrogens with one attached hydrogen (secondary N) is 1. The number of carbonyl (C=O) groups excluding carboxylic acids is 2. The molecule has 0 unspecified atom stereocenters. The van der Waals surface area contributed by atoms with Crippen LogP contribution >= 0.6 is 0 Å². The molecule has 2 aromatic rings. The van der Waals surface area contributed by atoms with Crippen LogP contribution in [-0.4, -0.2) is 30.5 Å². The number of amides is 1. The number of nitro benzene ring substituents is 1. The van der Waals surface area contributed by atoms with E-state index >= 15 is 0 Å². The monoisotopic (exact) mass is 366 g/mol. The molecule has 26 heavy (non-hydrogen) atoms. The second kappa shape index (κ2) is 8.01. The summed E-state index contributed by atoms with van der Waals surface area (Å²) in [5.74, 6) is -4.06. The van der Waals surface area contributed by atoms with E-state index in [1.54, 1.807) is 0 Å². The fourth-order valence-corrected chi connectivity index (χ4v) is 1.97. The molecule has 0 aliphatic carbocycles. The topological polar surface area (TPSA) is 108 Å². The molecule has 0 fully saturated rings. The van der Waals surface area contributed by atoms with E-state index in [4.69, 9.17) is 9.47 Å². The van der Waals surface area contributed by atoms with Crippen molar-refractivity contribution in [3.63, 3.8) is 0 Å². The maximum atomic E-state index is 13.5. The first-order valence-corrected chi connectivity index (χ1v) is 7.07. The number of halogens is 2. The molecule has 2 rings (SSSR count). The molecule has 0 aromatic heterocycles. The number of nitro groups is 1. The van der Waals surface area contributed by atoms with Crippen LogP contribution in [0.3, 0.4) is 0 Å². The maximum Gasteiger partial charge on any atom is 0.342 e. The largest absolute Gasteiger partial charge is 0.496 e. The second-order valence-corrected chi connectivity index (χ2v) is 4.86. The lowest BCUT2D eigenvalue weighted by Crippen LogP contribution is -2.22. The zero-order valence-electron chi connectivity index (χ0n) is 13.3.